The molecule has 4 heteroatoms. The molecule has 0 saturated heterocycles. The van der Waals surface area contributed by atoms with Crippen LogP contribution in [0, 0.1) is 0 Å². The van der Waals surface area contributed by atoms with Crippen molar-refractivity contribution in [2.24, 2.45) is 5.84 Å². The zero-order valence-electron chi connectivity index (χ0n) is 11.5. The predicted molar refractivity (Wildman–Crippen MR) is 71.5 cm³/mol. The Morgan fingerprint density at radius 3 is 2.59 bits per heavy atom. The highest BCUT2D eigenvalue weighted by Crippen LogP contribution is 2.22. The summed E-state index contributed by atoms with van der Waals surface area (Å²) in [6.45, 7) is 0.852. The second-order valence-corrected chi connectivity index (χ2v) is 5.03. The second-order valence-electron chi connectivity index (χ2n) is 5.03. The number of ether oxygens (including phenoxy) is 1. The number of rotatable bonds is 8. The van der Waals surface area contributed by atoms with Crippen molar-refractivity contribution in [3.63, 3.8) is 0 Å². The topological polar surface area (TPSA) is 50.5 Å². The molecular formula is C13H29N3O. The lowest BCUT2D eigenvalue weighted by Gasteiger charge is -2.36. The van der Waals surface area contributed by atoms with E-state index in [1.807, 2.05) is 7.05 Å². The normalized spacial score (nSPS) is 19.8. The van der Waals surface area contributed by atoms with Gasteiger partial charge in [0.15, 0.2) is 0 Å². The molecule has 0 aromatic heterocycles. The molecule has 0 spiro atoms. The number of hydrazine groups is 1. The zero-order chi connectivity index (χ0) is 12.5. The van der Waals surface area contributed by atoms with E-state index in [9.17, 15) is 0 Å². The zero-order valence-corrected chi connectivity index (χ0v) is 11.5. The van der Waals surface area contributed by atoms with Gasteiger partial charge in [-0.15, -0.1) is 0 Å². The van der Waals surface area contributed by atoms with Crippen LogP contribution in [-0.4, -0.2) is 38.0 Å². The fourth-order valence-electron chi connectivity index (χ4n) is 2.66. The van der Waals surface area contributed by atoms with Crippen LogP contribution in [-0.2, 0) is 4.74 Å². The van der Waals surface area contributed by atoms with E-state index in [-0.39, 0.29) is 0 Å². The van der Waals surface area contributed by atoms with E-state index in [1.165, 1.54) is 38.5 Å². The SMILES string of the molecule is CNC(CCCCOC)N(N)C1CCCCC1. The van der Waals surface area contributed by atoms with Gasteiger partial charge in [-0.1, -0.05) is 19.3 Å². The third-order valence-electron chi connectivity index (χ3n) is 3.77. The summed E-state index contributed by atoms with van der Waals surface area (Å²) in [5.74, 6) is 6.26. The van der Waals surface area contributed by atoms with Crippen molar-refractivity contribution in [3.05, 3.63) is 0 Å². The summed E-state index contributed by atoms with van der Waals surface area (Å²) >= 11 is 0. The summed E-state index contributed by atoms with van der Waals surface area (Å²) < 4.78 is 5.07. The average Bonchev–Trinajstić information content (AvgIpc) is 2.39. The molecule has 17 heavy (non-hydrogen) atoms. The van der Waals surface area contributed by atoms with Crippen LogP contribution in [0.1, 0.15) is 51.4 Å². The number of methoxy groups -OCH3 is 1. The van der Waals surface area contributed by atoms with Crippen LogP contribution in [0.4, 0.5) is 0 Å². The van der Waals surface area contributed by atoms with E-state index < -0.39 is 0 Å². The van der Waals surface area contributed by atoms with Crippen molar-refractivity contribution < 1.29 is 4.74 Å². The highest BCUT2D eigenvalue weighted by atomic mass is 16.5. The maximum atomic E-state index is 6.26. The van der Waals surface area contributed by atoms with Gasteiger partial charge in [0.1, 0.15) is 0 Å². The number of nitrogens with two attached hydrogens (primary N) is 1. The van der Waals surface area contributed by atoms with Crippen molar-refractivity contribution in [1.82, 2.24) is 10.3 Å². The van der Waals surface area contributed by atoms with Crippen LogP contribution in [0.15, 0.2) is 0 Å². The Hall–Kier alpha value is -0.160. The molecule has 0 aromatic rings. The minimum Gasteiger partial charge on any atom is -0.385 e. The smallest absolute Gasteiger partial charge is 0.0731 e. The number of nitrogens with one attached hydrogen (secondary N) is 1. The van der Waals surface area contributed by atoms with Crippen molar-refractivity contribution in [3.8, 4) is 0 Å². The summed E-state index contributed by atoms with van der Waals surface area (Å²) in [5.41, 5.74) is 0. The first-order valence-electron chi connectivity index (χ1n) is 6.98. The molecule has 1 saturated carbocycles. The molecule has 102 valence electrons. The third kappa shape index (κ3) is 5.34. The molecule has 1 rings (SSSR count). The van der Waals surface area contributed by atoms with E-state index in [1.54, 1.807) is 7.11 Å². The molecule has 1 unspecified atom stereocenters. The van der Waals surface area contributed by atoms with Gasteiger partial charge in [-0.25, -0.2) is 5.01 Å². The lowest BCUT2D eigenvalue weighted by atomic mass is 9.94. The first-order valence-corrected chi connectivity index (χ1v) is 6.98. The van der Waals surface area contributed by atoms with Crippen LogP contribution < -0.4 is 11.2 Å². The standard InChI is InChI=1S/C13H29N3O/c1-15-13(10-6-7-11-17-2)16(14)12-8-4-3-5-9-12/h12-13,15H,3-11,14H2,1-2H3. The van der Waals surface area contributed by atoms with Gasteiger partial charge in [-0.05, 0) is 39.2 Å². The summed E-state index contributed by atoms with van der Waals surface area (Å²) in [6, 6.07) is 0.573. The van der Waals surface area contributed by atoms with Crippen molar-refractivity contribution in [2.75, 3.05) is 20.8 Å². The van der Waals surface area contributed by atoms with Gasteiger partial charge in [-0.2, -0.15) is 0 Å². The van der Waals surface area contributed by atoms with Crippen molar-refractivity contribution >= 4 is 0 Å². The van der Waals surface area contributed by atoms with Gasteiger partial charge < -0.3 is 10.1 Å². The summed E-state index contributed by atoms with van der Waals surface area (Å²) in [4.78, 5) is 0. The van der Waals surface area contributed by atoms with Gasteiger partial charge in [0.25, 0.3) is 0 Å². The van der Waals surface area contributed by atoms with Crippen LogP contribution in [0.5, 0.6) is 0 Å². The quantitative estimate of drug-likeness (QED) is 0.296. The molecule has 0 aliphatic heterocycles. The first-order chi connectivity index (χ1) is 8.29. The Balaban J connectivity index is 2.26. The molecule has 1 aliphatic carbocycles. The van der Waals surface area contributed by atoms with Crippen LogP contribution >= 0.6 is 0 Å². The lowest BCUT2D eigenvalue weighted by Crippen LogP contribution is -2.54. The molecular weight excluding hydrogens is 214 g/mol. The highest BCUT2D eigenvalue weighted by molar-refractivity contribution is 4.76. The fraction of sp³-hybridized carbons (Fsp3) is 1.00. The third-order valence-corrected chi connectivity index (χ3v) is 3.77. The fourth-order valence-corrected chi connectivity index (χ4v) is 2.66. The number of nitrogens with zero attached hydrogens (tertiary/aromatic N) is 1. The molecule has 4 nitrogen and oxygen atoms in total. The Bertz CT molecular complexity index is 184. The summed E-state index contributed by atoms with van der Waals surface area (Å²) in [7, 11) is 3.76. The van der Waals surface area contributed by atoms with E-state index in [4.69, 9.17) is 10.6 Å². The minimum atomic E-state index is 0.315. The maximum Gasteiger partial charge on any atom is 0.0731 e. The molecule has 1 atom stereocenters. The predicted octanol–water partition coefficient (Wildman–Crippen LogP) is 1.86. The van der Waals surface area contributed by atoms with Crippen molar-refractivity contribution in [1.29, 1.82) is 0 Å². The molecule has 0 aromatic carbocycles. The lowest BCUT2D eigenvalue weighted by molar-refractivity contribution is 0.0801. The Morgan fingerprint density at radius 2 is 2.00 bits per heavy atom. The second kappa shape index (κ2) is 8.86. The molecule has 0 amide bonds. The number of hydrogen-bond donors (Lipinski definition) is 2. The van der Waals surface area contributed by atoms with Crippen LogP contribution in [0.2, 0.25) is 0 Å². The summed E-state index contributed by atoms with van der Waals surface area (Å²) in [6.07, 6.45) is 10.3. The van der Waals surface area contributed by atoms with E-state index in [2.05, 4.69) is 10.3 Å². The molecule has 0 bridgehead atoms. The number of hydrogen-bond acceptors (Lipinski definition) is 4. The molecule has 1 fully saturated rings. The monoisotopic (exact) mass is 243 g/mol. The Labute approximate surface area is 106 Å². The van der Waals surface area contributed by atoms with Crippen LogP contribution in [0.3, 0.4) is 0 Å². The van der Waals surface area contributed by atoms with Gasteiger partial charge in [-0.3, -0.25) is 5.84 Å². The van der Waals surface area contributed by atoms with E-state index >= 15 is 0 Å². The maximum absolute atomic E-state index is 6.26. The minimum absolute atomic E-state index is 0.315. The molecule has 0 heterocycles. The van der Waals surface area contributed by atoms with Crippen molar-refractivity contribution in [2.45, 2.75) is 63.6 Å². The van der Waals surface area contributed by atoms with Gasteiger partial charge >= 0.3 is 0 Å². The Morgan fingerprint density at radius 1 is 1.29 bits per heavy atom. The Kier molecular flexibility index (Phi) is 7.77. The van der Waals surface area contributed by atoms with E-state index in [0.717, 1.165) is 19.4 Å². The molecule has 0 radical (unpaired) electrons. The first kappa shape index (κ1) is 14.9. The van der Waals surface area contributed by atoms with Gasteiger partial charge in [0, 0.05) is 19.8 Å². The van der Waals surface area contributed by atoms with Gasteiger partial charge in [0.05, 0.1) is 6.17 Å². The van der Waals surface area contributed by atoms with E-state index in [0.29, 0.717) is 12.2 Å². The number of unbranched alkanes of at least 4 members (excludes halogenated alkanes) is 1. The molecule has 3 N–H and O–H groups in total. The largest absolute Gasteiger partial charge is 0.385 e. The average molecular weight is 243 g/mol. The highest BCUT2D eigenvalue weighted by Gasteiger charge is 2.23. The van der Waals surface area contributed by atoms with Gasteiger partial charge in [0.2, 0.25) is 0 Å². The van der Waals surface area contributed by atoms with Crippen LogP contribution in [0.25, 0.3) is 0 Å². The molecule has 1 aliphatic rings. The summed E-state index contributed by atoms with van der Waals surface area (Å²) in [5, 5.41) is 5.40.